The van der Waals surface area contributed by atoms with Gasteiger partial charge in [0.05, 0.1) is 5.69 Å². The van der Waals surface area contributed by atoms with Gasteiger partial charge in [0.25, 0.3) is 0 Å². The summed E-state index contributed by atoms with van der Waals surface area (Å²) in [5.41, 5.74) is 23.2. The number of hydrogen-bond acceptors (Lipinski definition) is 3. The first-order valence-electron chi connectivity index (χ1n) is 4.31. The maximum Gasteiger partial charge on any atom is 0.191 e. The highest BCUT2D eigenvalue weighted by molar-refractivity contribution is 6.00. The molecule has 9 N–H and O–H groups in total. The largest absolute Gasteiger partial charge is 0.384 e. The van der Waals surface area contributed by atoms with E-state index in [0.29, 0.717) is 17.8 Å². The molecule has 0 unspecified atom stereocenters. The molecule has 0 fully saturated rings. The predicted octanol–water partition coefficient (Wildman–Crippen LogP) is -0.666. The fraction of sp³-hybridized carbons (Fsp3) is 0.111. The Morgan fingerprint density at radius 2 is 1.93 bits per heavy atom. The summed E-state index contributed by atoms with van der Waals surface area (Å²) in [6.45, 7) is 0.380. The molecule has 0 aliphatic heterocycles. The summed E-state index contributed by atoms with van der Waals surface area (Å²) in [5.74, 6) is -0.162. The first-order chi connectivity index (χ1) is 7.04. The van der Waals surface area contributed by atoms with E-state index in [9.17, 15) is 0 Å². The van der Waals surface area contributed by atoms with Crippen LogP contribution in [0, 0.1) is 5.41 Å². The van der Waals surface area contributed by atoms with Crippen LogP contribution in [0.15, 0.2) is 23.2 Å². The van der Waals surface area contributed by atoms with Crippen molar-refractivity contribution in [2.24, 2.45) is 27.9 Å². The second-order valence-corrected chi connectivity index (χ2v) is 3.01. The lowest BCUT2D eigenvalue weighted by Gasteiger charge is -2.06. The number of nitrogens with two attached hydrogens (primary N) is 4. The third-order valence-corrected chi connectivity index (χ3v) is 1.84. The van der Waals surface area contributed by atoms with Gasteiger partial charge in [-0.3, -0.25) is 5.41 Å². The van der Waals surface area contributed by atoms with Gasteiger partial charge in [-0.25, -0.2) is 4.99 Å². The molecule has 0 aliphatic carbocycles. The monoisotopic (exact) mass is 206 g/mol. The highest BCUT2D eigenvalue weighted by Crippen LogP contribution is 2.20. The molecule has 80 valence electrons. The van der Waals surface area contributed by atoms with Crippen LogP contribution >= 0.6 is 0 Å². The Kier molecular flexibility index (Phi) is 3.25. The molecule has 1 aromatic rings. The minimum absolute atomic E-state index is 0.0772. The Morgan fingerprint density at radius 3 is 2.40 bits per heavy atom. The minimum atomic E-state index is -0.0847. The van der Waals surface area contributed by atoms with E-state index in [1.807, 2.05) is 0 Å². The van der Waals surface area contributed by atoms with Crippen LogP contribution in [-0.4, -0.2) is 11.8 Å². The SMILES string of the molecule is N=C(N)c1ccc(CN)cc1N=C(N)N. The molecule has 6 heteroatoms. The average Bonchev–Trinajstić information content (AvgIpc) is 2.16. The van der Waals surface area contributed by atoms with Crippen LogP contribution < -0.4 is 22.9 Å². The molecule has 0 saturated heterocycles. The van der Waals surface area contributed by atoms with Gasteiger partial charge in [-0.15, -0.1) is 0 Å². The van der Waals surface area contributed by atoms with Crippen LogP contribution in [0.4, 0.5) is 5.69 Å². The van der Waals surface area contributed by atoms with Gasteiger partial charge in [0, 0.05) is 12.1 Å². The Hall–Kier alpha value is -2.08. The van der Waals surface area contributed by atoms with Crippen molar-refractivity contribution in [1.82, 2.24) is 0 Å². The molecule has 0 amide bonds. The summed E-state index contributed by atoms with van der Waals surface area (Å²) < 4.78 is 0. The summed E-state index contributed by atoms with van der Waals surface area (Å²) in [6.07, 6.45) is 0. The third-order valence-electron chi connectivity index (χ3n) is 1.84. The zero-order chi connectivity index (χ0) is 11.4. The smallest absolute Gasteiger partial charge is 0.191 e. The molecular weight excluding hydrogens is 192 g/mol. The average molecular weight is 206 g/mol. The Bertz CT molecular complexity index is 405. The Balaban J connectivity index is 3.29. The molecule has 0 aromatic heterocycles. The third kappa shape index (κ3) is 2.68. The summed E-state index contributed by atoms with van der Waals surface area (Å²) in [7, 11) is 0. The van der Waals surface area contributed by atoms with E-state index in [0.717, 1.165) is 5.56 Å². The zero-order valence-corrected chi connectivity index (χ0v) is 8.20. The first-order valence-corrected chi connectivity index (χ1v) is 4.31. The topological polar surface area (TPSA) is 140 Å². The fourth-order valence-electron chi connectivity index (χ4n) is 1.16. The summed E-state index contributed by atoms with van der Waals surface area (Å²) in [6, 6.07) is 5.16. The number of amidine groups is 1. The Labute approximate surface area is 87.5 Å². The molecule has 1 rings (SSSR count). The maximum atomic E-state index is 7.34. The number of rotatable bonds is 3. The molecule has 1 aromatic carbocycles. The van der Waals surface area contributed by atoms with Crippen LogP contribution in [0.3, 0.4) is 0 Å². The summed E-state index contributed by atoms with van der Waals surface area (Å²) >= 11 is 0. The number of guanidine groups is 1. The van der Waals surface area contributed by atoms with E-state index in [-0.39, 0.29) is 11.8 Å². The molecule has 0 saturated carbocycles. The van der Waals surface area contributed by atoms with E-state index in [4.69, 9.17) is 28.3 Å². The van der Waals surface area contributed by atoms with Crippen LogP contribution in [0.1, 0.15) is 11.1 Å². The van der Waals surface area contributed by atoms with Gasteiger partial charge in [0.2, 0.25) is 0 Å². The fourth-order valence-corrected chi connectivity index (χ4v) is 1.16. The van der Waals surface area contributed by atoms with Crippen LogP contribution in [-0.2, 0) is 6.54 Å². The van der Waals surface area contributed by atoms with Gasteiger partial charge < -0.3 is 22.9 Å². The second-order valence-electron chi connectivity index (χ2n) is 3.01. The lowest BCUT2D eigenvalue weighted by atomic mass is 10.1. The number of benzene rings is 1. The van der Waals surface area contributed by atoms with E-state index < -0.39 is 0 Å². The van der Waals surface area contributed by atoms with Gasteiger partial charge in [-0.1, -0.05) is 6.07 Å². The van der Waals surface area contributed by atoms with Crippen molar-refractivity contribution in [3.8, 4) is 0 Å². The highest BCUT2D eigenvalue weighted by Gasteiger charge is 2.05. The first kappa shape index (κ1) is 11.0. The van der Waals surface area contributed by atoms with Crippen molar-refractivity contribution in [1.29, 1.82) is 5.41 Å². The minimum Gasteiger partial charge on any atom is -0.384 e. The summed E-state index contributed by atoms with van der Waals surface area (Å²) in [5, 5.41) is 7.34. The van der Waals surface area contributed by atoms with Crippen LogP contribution in [0.2, 0.25) is 0 Å². The van der Waals surface area contributed by atoms with Gasteiger partial charge in [-0.2, -0.15) is 0 Å². The normalized spacial score (nSPS) is 9.67. The molecule has 6 nitrogen and oxygen atoms in total. The molecule has 0 heterocycles. The summed E-state index contributed by atoms with van der Waals surface area (Å²) in [4.78, 5) is 3.89. The standard InChI is InChI=1S/C9H14N6/c10-4-5-1-2-6(8(11)12)7(3-5)15-9(13)14/h1-3H,4,10H2,(H3,11,12)(H4,13,14,15). The lowest BCUT2D eigenvalue weighted by molar-refractivity contribution is 1.07. The van der Waals surface area contributed by atoms with Gasteiger partial charge in [0.1, 0.15) is 5.84 Å². The highest BCUT2D eigenvalue weighted by atomic mass is 15.0. The number of nitrogen functional groups attached to an aromatic ring is 1. The van der Waals surface area contributed by atoms with Gasteiger partial charge in [0.15, 0.2) is 5.96 Å². The molecule has 0 atom stereocenters. The number of nitrogens with one attached hydrogen (secondary N) is 1. The maximum absolute atomic E-state index is 7.34. The predicted molar refractivity (Wildman–Crippen MR) is 60.8 cm³/mol. The van der Waals surface area contributed by atoms with Gasteiger partial charge >= 0.3 is 0 Å². The molecule has 15 heavy (non-hydrogen) atoms. The number of hydrogen-bond donors (Lipinski definition) is 5. The quantitative estimate of drug-likeness (QED) is 0.330. The van der Waals surface area contributed by atoms with Crippen molar-refractivity contribution in [3.05, 3.63) is 29.3 Å². The van der Waals surface area contributed by atoms with Gasteiger partial charge in [-0.05, 0) is 17.7 Å². The molecule has 0 spiro atoms. The molecule has 0 radical (unpaired) electrons. The van der Waals surface area contributed by atoms with Crippen molar-refractivity contribution in [2.75, 3.05) is 0 Å². The van der Waals surface area contributed by atoms with Crippen molar-refractivity contribution < 1.29 is 0 Å². The van der Waals surface area contributed by atoms with Crippen molar-refractivity contribution in [3.63, 3.8) is 0 Å². The lowest BCUT2D eigenvalue weighted by Crippen LogP contribution is -2.22. The van der Waals surface area contributed by atoms with E-state index in [2.05, 4.69) is 4.99 Å². The molecule has 0 aliphatic rings. The van der Waals surface area contributed by atoms with E-state index >= 15 is 0 Å². The van der Waals surface area contributed by atoms with Crippen molar-refractivity contribution >= 4 is 17.5 Å². The molecular formula is C9H14N6. The van der Waals surface area contributed by atoms with E-state index in [1.54, 1.807) is 18.2 Å². The Morgan fingerprint density at radius 1 is 1.27 bits per heavy atom. The van der Waals surface area contributed by atoms with Crippen LogP contribution in [0.25, 0.3) is 0 Å². The van der Waals surface area contributed by atoms with Crippen molar-refractivity contribution in [2.45, 2.75) is 6.54 Å². The second kappa shape index (κ2) is 4.43. The van der Waals surface area contributed by atoms with Crippen LogP contribution in [0.5, 0.6) is 0 Å². The number of nitrogens with zero attached hydrogens (tertiary/aromatic N) is 1. The van der Waals surface area contributed by atoms with E-state index in [1.165, 1.54) is 0 Å². The number of aliphatic imine (C=N–C) groups is 1. The zero-order valence-electron chi connectivity index (χ0n) is 8.20. The molecule has 0 bridgehead atoms.